The number of thiazole rings is 1. The zero-order valence-electron chi connectivity index (χ0n) is 8.45. The molecule has 0 fully saturated rings. The van der Waals surface area contributed by atoms with Gasteiger partial charge in [0.2, 0.25) is 0 Å². The van der Waals surface area contributed by atoms with E-state index in [1.54, 1.807) is 24.6 Å². The van der Waals surface area contributed by atoms with Crippen LogP contribution in [0.5, 0.6) is 5.75 Å². The zero-order chi connectivity index (χ0) is 10.8. The largest absolute Gasteiger partial charge is 0.496 e. The highest BCUT2D eigenvalue weighted by Gasteiger charge is 2.10. The predicted octanol–water partition coefficient (Wildman–Crippen LogP) is 3.78. The molecule has 0 amide bonds. The summed E-state index contributed by atoms with van der Waals surface area (Å²) in [5, 5.41) is 3.59. The van der Waals surface area contributed by atoms with E-state index >= 15 is 0 Å². The quantitative estimate of drug-likeness (QED) is 0.796. The van der Waals surface area contributed by atoms with Crippen molar-refractivity contribution in [2.24, 2.45) is 0 Å². The predicted molar refractivity (Wildman–Crippen MR) is 63.8 cm³/mol. The summed E-state index contributed by atoms with van der Waals surface area (Å²) in [5.41, 5.74) is 1.96. The van der Waals surface area contributed by atoms with Gasteiger partial charge in [0.05, 0.1) is 12.7 Å². The Bertz CT molecular complexity index is 468. The molecule has 1 aromatic carbocycles. The van der Waals surface area contributed by atoms with E-state index in [9.17, 15) is 0 Å². The topological polar surface area (TPSA) is 22.1 Å². The second-order valence-electron chi connectivity index (χ2n) is 3.14. The van der Waals surface area contributed by atoms with Gasteiger partial charge in [-0.3, -0.25) is 0 Å². The standard InChI is InChI=1S/C11H10ClNOS/c1-7-5-10(14-2)8(6-9(7)12)11-13-3-4-15-11/h3-6H,1-2H3. The number of halogens is 1. The first kappa shape index (κ1) is 10.5. The van der Waals surface area contributed by atoms with Crippen molar-refractivity contribution in [3.05, 3.63) is 34.3 Å². The van der Waals surface area contributed by atoms with Gasteiger partial charge < -0.3 is 4.74 Å². The van der Waals surface area contributed by atoms with Crippen molar-refractivity contribution >= 4 is 22.9 Å². The summed E-state index contributed by atoms with van der Waals surface area (Å²) in [4.78, 5) is 4.25. The van der Waals surface area contributed by atoms with Crippen LogP contribution in [0.3, 0.4) is 0 Å². The van der Waals surface area contributed by atoms with Crippen LogP contribution in [-0.2, 0) is 0 Å². The van der Waals surface area contributed by atoms with Crippen LogP contribution in [0.4, 0.5) is 0 Å². The number of ether oxygens (including phenoxy) is 1. The van der Waals surface area contributed by atoms with E-state index in [0.29, 0.717) is 0 Å². The van der Waals surface area contributed by atoms with Crippen molar-refractivity contribution in [1.82, 2.24) is 4.98 Å². The van der Waals surface area contributed by atoms with E-state index in [1.165, 1.54) is 0 Å². The van der Waals surface area contributed by atoms with Crippen LogP contribution in [0.15, 0.2) is 23.7 Å². The Morgan fingerprint density at radius 2 is 2.20 bits per heavy atom. The van der Waals surface area contributed by atoms with E-state index in [1.807, 2.05) is 24.4 Å². The van der Waals surface area contributed by atoms with Crippen LogP contribution >= 0.6 is 22.9 Å². The van der Waals surface area contributed by atoms with Gasteiger partial charge in [-0.15, -0.1) is 11.3 Å². The van der Waals surface area contributed by atoms with Gasteiger partial charge in [-0.1, -0.05) is 11.6 Å². The van der Waals surface area contributed by atoms with Crippen molar-refractivity contribution < 1.29 is 4.74 Å². The third kappa shape index (κ3) is 1.98. The molecule has 0 spiro atoms. The molecule has 0 aliphatic heterocycles. The maximum absolute atomic E-state index is 6.08. The molecule has 15 heavy (non-hydrogen) atoms. The van der Waals surface area contributed by atoms with Crippen LogP contribution in [0.25, 0.3) is 10.6 Å². The molecular formula is C11H10ClNOS. The fourth-order valence-electron chi connectivity index (χ4n) is 1.35. The lowest BCUT2D eigenvalue weighted by Gasteiger charge is -2.08. The molecule has 4 heteroatoms. The first-order valence-corrected chi connectivity index (χ1v) is 5.72. The fraction of sp³-hybridized carbons (Fsp3) is 0.182. The van der Waals surface area contributed by atoms with Crippen molar-refractivity contribution in [3.8, 4) is 16.3 Å². The molecule has 2 aromatic rings. The molecule has 1 aromatic heterocycles. The van der Waals surface area contributed by atoms with Crippen molar-refractivity contribution in [2.75, 3.05) is 7.11 Å². The molecule has 0 radical (unpaired) electrons. The second-order valence-corrected chi connectivity index (χ2v) is 4.44. The third-order valence-corrected chi connectivity index (χ3v) is 3.36. The van der Waals surface area contributed by atoms with Crippen LogP contribution in [0, 0.1) is 6.92 Å². The molecule has 0 bridgehead atoms. The summed E-state index contributed by atoms with van der Waals surface area (Å²) in [6.45, 7) is 1.95. The SMILES string of the molecule is COc1cc(C)c(Cl)cc1-c1nccs1. The Balaban J connectivity index is 2.60. The molecule has 0 saturated heterocycles. The number of aromatic nitrogens is 1. The van der Waals surface area contributed by atoms with Crippen molar-refractivity contribution in [1.29, 1.82) is 0 Å². The molecule has 0 unspecified atom stereocenters. The molecule has 0 N–H and O–H groups in total. The van der Waals surface area contributed by atoms with E-state index in [-0.39, 0.29) is 0 Å². The maximum Gasteiger partial charge on any atom is 0.129 e. The minimum atomic E-state index is 0.737. The summed E-state index contributed by atoms with van der Waals surface area (Å²) in [5.74, 6) is 0.812. The molecule has 2 rings (SSSR count). The Labute approximate surface area is 97.5 Å². The number of nitrogens with zero attached hydrogens (tertiary/aromatic N) is 1. The highest BCUT2D eigenvalue weighted by molar-refractivity contribution is 7.13. The van der Waals surface area contributed by atoms with Crippen LogP contribution < -0.4 is 4.74 Å². The Hall–Kier alpha value is -1.06. The van der Waals surface area contributed by atoms with Crippen LogP contribution in [0.1, 0.15) is 5.56 Å². The van der Waals surface area contributed by atoms with E-state index in [4.69, 9.17) is 16.3 Å². The lowest BCUT2D eigenvalue weighted by molar-refractivity contribution is 0.416. The summed E-state index contributed by atoms with van der Waals surface area (Å²) < 4.78 is 5.31. The average Bonchev–Trinajstić information content (AvgIpc) is 2.74. The number of methoxy groups -OCH3 is 1. The lowest BCUT2D eigenvalue weighted by atomic mass is 10.1. The molecule has 2 nitrogen and oxygen atoms in total. The lowest BCUT2D eigenvalue weighted by Crippen LogP contribution is -1.89. The van der Waals surface area contributed by atoms with Crippen LogP contribution in [0.2, 0.25) is 5.02 Å². The van der Waals surface area contributed by atoms with Crippen LogP contribution in [-0.4, -0.2) is 12.1 Å². The van der Waals surface area contributed by atoms with Gasteiger partial charge >= 0.3 is 0 Å². The van der Waals surface area contributed by atoms with E-state index in [2.05, 4.69) is 4.98 Å². The van der Waals surface area contributed by atoms with Gasteiger partial charge in [-0.25, -0.2) is 4.98 Å². The summed E-state index contributed by atoms with van der Waals surface area (Å²) >= 11 is 7.65. The Kier molecular flexibility index (Phi) is 2.93. The van der Waals surface area contributed by atoms with Gasteiger partial charge in [0.25, 0.3) is 0 Å². The molecular weight excluding hydrogens is 230 g/mol. The molecule has 0 atom stereocenters. The third-order valence-electron chi connectivity index (χ3n) is 2.14. The molecule has 0 aliphatic rings. The number of hydrogen-bond donors (Lipinski definition) is 0. The van der Waals surface area contributed by atoms with Crippen molar-refractivity contribution in [3.63, 3.8) is 0 Å². The minimum Gasteiger partial charge on any atom is -0.496 e. The van der Waals surface area contributed by atoms with Gasteiger partial charge in [0.15, 0.2) is 0 Å². The van der Waals surface area contributed by atoms with Gasteiger partial charge in [0, 0.05) is 16.6 Å². The monoisotopic (exact) mass is 239 g/mol. The first-order chi connectivity index (χ1) is 7.22. The number of aryl methyl sites for hydroxylation is 1. The Morgan fingerprint density at radius 3 is 2.80 bits per heavy atom. The van der Waals surface area contributed by atoms with Gasteiger partial charge in [0.1, 0.15) is 10.8 Å². The number of rotatable bonds is 2. The fourth-order valence-corrected chi connectivity index (χ4v) is 2.17. The van der Waals surface area contributed by atoms with Gasteiger partial charge in [-0.2, -0.15) is 0 Å². The zero-order valence-corrected chi connectivity index (χ0v) is 10.0. The molecule has 0 saturated carbocycles. The summed E-state index contributed by atoms with van der Waals surface area (Å²) in [7, 11) is 1.65. The maximum atomic E-state index is 6.08. The highest BCUT2D eigenvalue weighted by Crippen LogP contribution is 2.35. The molecule has 0 aliphatic carbocycles. The van der Waals surface area contributed by atoms with Gasteiger partial charge in [-0.05, 0) is 24.6 Å². The number of benzene rings is 1. The smallest absolute Gasteiger partial charge is 0.129 e. The summed E-state index contributed by atoms with van der Waals surface area (Å²) in [6, 6.07) is 3.83. The van der Waals surface area contributed by atoms with E-state index < -0.39 is 0 Å². The average molecular weight is 240 g/mol. The van der Waals surface area contributed by atoms with E-state index in [0.717, 1.165) is 26.9 Å². The number of hydrogen-bond acceptors (Lipinski definition) is 3. The first-order valence-electron chi connectivity index (χ1n) is 4.46. The highest BCUT2D eigenvalue weighted by atomic mass is 35.5. The van der Waals surface area contributed by atoms with Crippen molar-refractivity contribution in [2.45, 2.75) is 6.92 Å². The second kappa shape index (κ2) is 4.21. The minimum absolute atomic E-state index is 0.737. The Morgan fingerprint density at radius 1 is 1.40 bits per heavy atom. The summed E-state index contributed by atoms with van der Waals surface area (Å²) in [6.07, 6.45) is 1.77. The normalized spacial score (nSPS) is 10.3. The molecule has 1 heterocycles. The molecule has 78 valence electrons.